The molecule has 0 bridgehead atoms. The molecular weight excluding hydrogens is 242 g/mol. The van der Waals surface area contributed by atoms with Gasteiger partial charge in [-0.15, -0.1) is 0 Å². The van der Waals surface area contributed by atoms with Crippen molar-refractivity contribution in [2.45, 2.75) is 13.0 Å². The second-order valence-electron chi connectivity index (χ2n) is 4.28. The lowest BCUT2D eigenvalue weighted by atomic mass is 10.3. The zero-order valence-electron chi connectivity index (χ0n) is 10.7. The van der Waals surface area contributed by atoms with Crippen LogP contribution in [-0.4, -0.2) is 36.1 Å². The van der Waals surface area contributed by atoms with Crippen LogP contribution in [0.5, 0.6) is 0 Å². The molecule has 0 radical (unpaired) electrons. The molecule has 98 valence electrons. The number of hydrogen-bond donors (Lipinski definition) is 1. The van der Waals surface area contributed by atoms with E-state index in [2.05, 4.69) is 25.5 Å². The molecule has 0 fully saturated rings. The first-order valence-electron chi connectivity index (χ1n) is 6.18. The van der Waals surface area contributed by atoms with Crippen molar-refractivity contribution in [1.82, 2.24) is 29.5 Å². The summed E-state index contributed by atoms with van der Waals surface area (Å²) in [6.45, 7) is 1.72. The predicted molar refractivity (Wildman–Crippen MR) is 71.6 cm³/mol. The number of aryl methyl sites for hydroxylation is 2. The molecule has 0 amide bonds. The maximum Gasteiger partial charge on any atom is 0.163 e. The third kappa shape index (κ3) is 2.40. The number of nitrogens with zero attached hydrogens (tertiary/aromatic N) is 6. The molecule has 0 saturated heterocycles. The largest absolute Gasteiger partial charge is 0.369 e. The van der Waals surface area contributed by atoms with Crippen molar-refractivity contribution in [1.29, 1.82) is 0 Å². The van der Waals surface area contributed by atoms with Crippen LogP contribution in [-0.2, 0) is 13.6 Å². The molecule has 0 aliphatic heterocycles. The molecule has 7 heteroatoms. The van der Waals surface area contributed by atoms with E-state index >= 15 is 0 Å². The SMILES string of the molecule is Cn1ncc2c(NCCCn3cccn3)ncnc21. The summed E-state index contributed by atoms with van der Waals surface area (Å²) in [5.41, 5.74) is 0.838. The average molecular weight is 257 g/mol. The Balaban J connectivity index is 1.62. The van der Waals surface area contributed by atoms with Crippen molar-refractivity contribution < 1.29 is 0 Å². The van der Waals surface area contributed by atoms with E-state index in [0.29, 0.717) is 0 Å². The van der Waals surface area contributed by atoms with Crippen molar-refractivity contribution in [3.63, 3.8) is 0 Å². The summed E-state index contributed by atoms with van der Waals surface area (Å²) in [5, 5.41) is 12.6. The molecule has 0 saturated carbocycles. The van der Waals surface area contributed by atoms with Gasteiger partial charge in [0.1, 0.15) is 12.1 Å². The molecular formula is C12H15N7. The highest BCUT2D eigenvalue weighted by Gasteiger charge is 2.06. The maximum atomic E-state index is 4.26. The lowest BCUT2D eigenvalue weighted by Crippen LogP contribution is -2.08. The van der Waals surface area contributed by atoms with Crippen LogP contribution in [0.25, 0.3) is 11.0 Å². The lowest BCUT2D eigenvalue weighted by molar-refractivity contribution is 0.591. The Morgan fingerprint density at radius 3 is 3.05 bits per heavy atom. The monoisotopic (exact) mass is 257 g/mol. The second-order valence-corrected chi connectivity index (χ2v) is 4.28. The number of anilines is 1. The van der Waals surface area contributed by atoms with Crippen LogP contribution in [0, 0.1) is 0 Å². The van der Waals surface area contributed by atoms with E-state index in [4.69, 9.17) is 0 Å². The Morgan fingerprint density at radius 2 is 2.21 bits per heavy atom. The van der Waals surface area contributed by atoms with Gasteiger partial charge in [0.05, 0.1) is 11.6 Å². The molecule has 0 aromatic carbocycles. The minimum absolute atomic E-state index is 0.832. The Bertz CT molecular complexity index is 656. The summed E-state index contributed by atoms with van der Waals surface area (Å²) in [7, 11) is 1.87. The van der Waals surface area contributed by atoms with Crippen molar-refractivity contribution in [2.24, 2.45) is 7.05 Å². The Kier molecular flexibility index (Phi) is 3.09. The van der Waals surface area contributed by atoms with Gasteiger partial charge < -0.3 is 5.32 Å². The normalized spacial score (nSPS) is 11.0. The summed E-state index contributed by atoms with van der Waals surface area (Å²) in [5.74, 6) is 0.832. The molecule has 3 rings (SSSR count). The first-order chi connectivity index (χ1) is 9.34. The van der Waals surface area contributed by atoms with Gasteiger partial charge in [-0.3, -0.25) is 9.36 Å². The average Bonchev–Trinajstić information content (AvgIpc) is 3.06. The van der Waals surface area contributed by atoms with E-state index in [1.54, 1.807) is 23.4 Å². The highest BCUT2D eigenvalue weighted by molar-refractivity contribution is 5.85. The zero-order chi connectivity index (χ0) is 13.1. The van der Waals surface area contributed by atoms with Gasteiger partial charge in [0.2, 0.25) is 0 Å². The van der Waals surface area contributed by atoms with E-state index in [1.807, 2.05) is 24.0 Å². The topological polar surface area (TPSA) is 73.5 Å². The fourth-order valence-corrected chi connectivity index (χ4v) is 1.98. The third-order valence-corrected chi connectivity index (χ3v) is 2.95. The lowest BCUT2D eigenvalue weighted by Gasteiger charge is -2.06. The van der Waals surface area contributed by atoms with E-state index in [-0.39, 0.29) is 0 Å². The fraction of sp³-hybridized carbons (Fsp3) is 0.333. The highest BCUT2D eigenvalue weighted by atomic mass is 15.3. The number of hydrogen-bond acceptors (Lipinski definition) is 5. The van der Waals surface area contributed by atoms with Crippen LogP contribution in [0.1, 0.15) is 6.42 Å². The molecule has 3 heterocycles. The van der Waals surface area contributed by atoms with Gasteiger partial charge >= 0.3 is 0 Å². The molecule has 1 N–H and O–H groups in total. The van der Waals surface area contributed by atoms with Crippen LogP contribution in [0.15, 0.2) is 31.0 Å². The Hall–Kier alpha value is -2.44. The van der Waals surface area contributed by atoms with E-state index < -0.39 is 0 Å². The molecule has 0 aliphatic rings. The van der Waals surface area contributed by atoms with Gasteiger partial charge in [0, 0.05) is 32.5 Å². The quantitative estimate of drug-likeness (QED) is 0.692. The first kappa shape index (κ1) is 11.6. The van der Waals surface area contributed by atoms with Crippen molar-refractivity contribution >= 4 is 16.9 Å². The summed E-state index contributed by atoms with van der Waals surface area (Å²) < 4.78 is 3.66. The first-order valence-corrected chi connectivity index (χ1v) is 6.18. The molecule has 19 heavy (non-hydrogen) atoms. The second kappa shape index (κ2) is 5.05. The standard InChI is InChI=1S/C12H15N7/c1-18-12-10(8-17-18)11(14-9-15-12)13-4-2-6-19-7-3-5-16-19/h3,5,7-9H,2,4,6H2,1H3,(H,13,14,15). The minimum atomic E-state index is 0.832. The molecule has 0 spiro atoms. The predicted octanol–water partition coefficient (Wildman–Crippen LogP) is 1.06. The fourth-order valence-electron chi connectivity index (χ4n) is 1.98. The van der Waals surface area contributed by atoms with Crippen molar-refractivity contribution in [3.05, 3.63) is 31.0 Å². The molecule has 3 aromatic heterocycles. The molecule has 0 unspecified atom stereocenters. The summed E-state index contributed by atoms with van der Waals surface area (Å²) in [4.78, 5) is 8.46. The Labute approximate surface area is 110 Å². The maximum absolute atomic E-state index is 4.26. The van der Waals surface area contributed by atoms with Crippen LogP contribution >= 0.6 is 0 Å². The summed E-state index contributed by atoms with van der Waals surface area (Å²) >= 11 is 0. The van der Waals surface area contributed by atoms with Crippen LogP contribution in [0.4, 0.5) is 5.82 Å². The smallest absolute Gasteiger partial charge is 0.163 e. The molecule has 3 aromatic rings. The van der Waals surface area contributed by atoms with Crippen LogP contribution in [0.2, 0.25) is 0 Å². The van der Waals surface area contributed by atoms with Gasteiger partial charge in [-0.25, -0.2) is 9.97 Å². The number of rotatable bonds is 5. The summed E-state index contributed by atoms with van der Waals surface area (Å²) in [6, 6.07) is 1.93. The van der Waals surface area contributed by atoms with Gasteiger partial charge in [-0.05, 0) is 12.5 Å². The van der Waals surface area contributed by atoms with E-state index in [1.165, 1.54) is 0 Å². The van der Waals surface area contributed by atoms with Crippen molar-refractivity contribution in [2.75, 3.05) is 11.9 Å². The summed E-state index contributed by atoms with van der Waals surface area (Å²) in [6.07, 6.45) is 8.07. The molecule has 7 nitrogen and oxygen atoms in total. The van der Waals surface area contributed by atoms with Gasteiger partial charge in [-0.2, -0.15) is 10.2 Å². The number of aromatic nitrogens is 6. The number of fused-ring (bicyclic) bond motifs is 1. The minimum Gasteiger partial charge on any atom is -0.369 e. The van der Waals surface area contributed by atoms with Gasteiger partial charge in [0.25, 0.3) is 0 Å². The third-order valence-electron chi connectivity index (χ3n) is 2.95. The van der Waals surface area contributed by atoms with Crippen LogP contribution in [0.3, 0.4) is 0 Å². The number of nitrogens with one attached hydrogen (secondary N) is 1. The van der Waals surface area contributed by atoms with Gasteiger partial charge in [-0.1, -0.05) is 0 Å². The Morgan fingerprint density at radius 1 is 1.26 bits per heavy atom. The van der Waals surface area contributed by atoms with E-state index in [9.17, 15) is 0 Å². The zero-order valence-corrected chi connectivity index (χ0v) is 10.7. The van der Waals surface area contributed by atoms with E-state index in [0.717, 1.165) is 36.4 Å². The van der Waals surface area contributed by atoms with Crippen LogP contribution < -0.4 is 5.32 Å². The molecule has 0 atom stereocenters. The highest BCUT2D eigenvalue weighted by Crippen LogP contribution is 2.17. The van der Waals surface area contributed by atoms with Gasteiger partial charge in [0.15, 0.2) is 5.65 Å². The van der Waals surface area contributed by atoms with Crippen molar-refractivity contribution in [3.8, 4) is 0 Å². The molecule has 0 aliphatic carbocycles.